The first-order valence-corrected chi connectivity index (χ1v) is 6.85. The van der Waals surface area contributed by atoms with Gasteiger partial charge in [-0.25, -0.2) is 0 Å². The molecule has 1 saturated heterocycles. The smallest absolute Gasteiger partial charge is 0.258 e. The van der Waals surface area contributed by atoms with Gasteiger partial charge in [0.1, 0.15) is 0 Å². The highest BCUT2D eigenvalue weighted by Gasteiger charge is 2.15. The fraction of sp³-hybridized carbons (Fsp3) is 0.500. The molecule has 2 aromatic heterocycles. The molecule has 1 aliphatic heterocycles. The van der Waals surface area contributed by atoms with E-state index in [1.807, 2.05) is 12.1 Å². The minimum atomic E-state index is 0.583. The van der Waals surface area contributed by atoms with Crippen LogP contribution < -0.4 is 5.32 Å². The summed E-state index contributed by atoms with van der Waals surface area (Å²) in [5.41, 5.74) is 0.924. The number of hydrogen-bond acceptors (Lipinski definition) is 5. The molecule has 19 heavy (non-hydrogen) atoms. The predicted octanol–water partition coefficient (Wildman–Crippen LogP) is 2.06. The summed E-state index contributed by atoms with van der Waals surface area (Å²) in [5, 5.41) is 7.48. The first-order chi connectivity index (χ1) is 9.42. The van der Waals surface area contributed by atoms with Crippen molar-refractivity contribution in [3.63, 3.8) is 0 Å². The average Bonchev–Trinajstić information content (AvgIpc) is 2.96. The van der Waals surface area contributed by atoms with E-state index < -0.39 is 0 Å². The third-order valence-corrected chi connectivity index (χ3v) is 3.57. The van der Waals surface area contributed by atoms with Gasteiger partial charge in [0.15, 0.2) is 5.82 Å². The van der Waals surface area contributed by atoms with Crippen LogP contribution in [0.4, 0.5) is 0 Å². The third kappa shape index (κ3) is 3.17. The van der Waals surface area contributed by atoms with E-state index in [2.05, 4.69) is 20.4 Å². The zero-order valence-electron chi connectivity index (χ0n) is 10.9. The summed E-state index contributed by atoms with van der Waals surface area (Å²) in [5.74, 6) is 2.13. The maximum Gasteiger partial charge on any atom is 0.258 e. The average molecular weight is 258 g/mol. The van der Waals surface area contributed by atoms with Gasteiger partial charge < -0.3 is 9.84 Å². The summed E-state index contributed by atoms with van der Waals surface area (Å²) in [6, 6.07) is 3.75. The van der Waals surface area contributed by atoms with Gasteiger partial charge in [0.05, 0.1) is 0 Å². The van der Waals surface area contributed by atoms with Crippen LogP contribution in [-0.2, 0) is 6.42 Å². The fourth-order valence-corrected chi connectivity index (χ4v) is 2.47. The van der Waals surface area contributed by atoms with Gasteiger partial charge in [-0.2, -0.15) is 4.98 Å². The van der Waals surface area contributed by atoms with E-state index in [0.717, 1.165) is 43.2 Å². The Bertz CT molecular complexity index is 505. The lowest BCUT2D eigenvalue weighted by atomic mass is 9.95. The van der Waals surface area contributed by atoms with Crippen molar-refractivity contribution >= 4 is 0 Å². The second kappa shape index (κ2) is 5.93. The largest absolute Gasteiger partial charge is 0.334 e. The van der Waals surface area contributed by atoms with Gasteiger partial charge in [0.2, 0.25) is 0 Å². The second-order valence-corrected chi connectivity index (χ2v) is 5.00. The van der Waals surface area contributed by atoms with Crippen molar-refractivity contribution in [2.24, 2.45) is 5.92 Å². The van der Waals surface area contributed by atoms with Crippen LogP contribution in [0.15, 0.2) is 29.0 Å². The number of hydrogen-bond donors (Lipinski definition) is 1. The van der Waals surface area contributed by atoms with Crippen molar-refractivity contribution in [2.45, 2.75) is 25.7 Å². The molecular formula is C14H18N4O. The number of piperidine rings is 1. The van der Waals surface area contributed by atoms with Gasteiger partial charge in [-0.15, -0.1) is 0 Å². The zero-order chi connectivity index (χ0) is 12.9. The molecule has 3 heterocycles. The van der Waals surface area contributed by atoms with E-state index in [1.165, 1.54) is 12.8 Å². The molecule has 1 atom stereocenters. The molecule has 1 fully saturated rings. The van der Waals surface area contributed by atoms with E-state index in [0.29, 0.717) is 5.89 Å². The Morgan fingerprint density at radius 3 is 3.00 bits per heavy atom. The lowest BCUT2D eigenvalue weighted by Crippen LogP contribution is -2.29. The fourth-order valence-electron chi connectivity index (χ4n) is 2.47. The molecular weight excluding hydrogens is 240 g/mol. The molecule has 100 valence electrons. The molecule has 0 saturated carbocycles. The molecule has 5 heteroatoms. The molecule has 0 bridgehead atoms. The van der Waals surface area contributed by atoms with E-state index in [1.54, 1.807) is 12.4 Å². The van der Waals surface area contributed by atoms with Crippen molar-refractivity contribution in [3.05, 3.63) is 30.4 Å². The van der Waals surface area contributed by atoms with Crippen molar-refractivity contribution in [1.29, 1.82) is 0 Å². The standard InChI is InChI=1S/C14H18N4O/c1-2-11(10-16-7-1)3-4-13-17-14(19-18-13)12-5-8-15-9-6-12/h5-6,8-9,11,16H,1-4,7,10H2. The van der Waals surface area contributed by atoms with Crippen molar-refractivity contribution in [2.75, 3.05) is 13.1 Å². The molecule has 5 nitrogen and oxygen atoms in total. The Morgan fingerprint density at radius 1 is 1.32 bits per heavy atom. The number of rotatable bonds is 4. The van der Waals surface area contributed by atoms with Crippen LogP contribution in [0.25, 0.3) is 11.5 Å². The van der Waals surface area contributed by atoms with Crippen molar-refractivity contribution < 1.29 is 4.52 Å². The van der Waals surface area contributed by atoms with Gasteiger partial charge in [0, 0.05) is 24.4 Å². The highest BCUT2D eigenvalue weighted by Crippen LogP contribution is 2.19. The summed E-state index contributed by atoms with van der Waals surface area (Å²) < 4.78 is 5.29. The topological polar surface area (TPSA) is 63.8 Å². The van der Waals surface area contributed by atoms with Crippen LogP contribution >= 0.6 is 0 Å². The normalized spacial score (nSPS) is 19.5. The first-order valence-electron chi connectivity index (χ1n) is 6.85. The number of aryl methyl sites for hydroxylation is 1. The van der Waals surface area contributed by atoms with Gasteiger partial charge in [-0.1, -0.05) is 5.16 Å². The van der Waals surface area contributed by atoms with Gasteiger partial charge in [-0.05, 0) is 50.4 Å². The quantitative estimate of drug-likeness (QED) is 0.909. The highest BCUT2D eigenvalue weighted by atomic mass is 16.5. The predicted molar refractivity (Wildman–Crippen MR) is 71.4 cm³/mol. The zero-order valence-corrected chi connectivity index (χ0v) is 10.9. The SMILES string of the molecule is c1cc(-c2nc(CCC3CCCNC3)no2)ccn1. The van der Waals surface area contributed by atoms with E-state index in [-0.39, 0.29) is 0 Å². The molecule has 1 unspecified atom stereocenters. The van der Waals surface area contributed by atoms with Crippen LogP contribution in [0.2, 0.25) is 0 Å². The summed E-state index contributed by atoms with van der Waals surface area (Å²) in [4.78, 5) is 8.42. The van der Waals surface area contributed by atoms with Crippen LogP contribution in [0.3, 0.4) is 0 Å². The summed E-state index contributed by atoms with van der Waals surface area (Å²) >= 11 is 0. The van der Waals surface area contributed by atoms with Gasteiger partial charge >= 0.3 is 0 Å². The molecule has 0 radical (unpaired) electrons. The maximum absolute atomic E-state index is 5.29. The van der Waals surface area contributed by atoms with E-state index in [4.69, 9.17) is 4.52 Å². The Balaban J connectivity index is 1.59. The lowest BCUT2D eigenvalue weighted by Gasteiger charge is -2.21. The molecule has 2 aromatic rings. The Labute approximate surface area is 112 Å². The molecule has 3 rings (SSSR count). The summed E-state index contributed by atoms with van der Waals surface area (Å²) in [7, 11) is 0. The highest BCUT2D eigenvalue weighted by molar-refractivity contribution is 5.50. The van der Waals surface area contributed by atoms with Crippen LogP contribution in [0.1, 0.15) is 25.1 Å². The molecule has 0 spiro atoms. The van der Waals surface area contributed by atoms with E-state index >= 15 is 0 Å². The van der Waals surface area contributed by atoms with Crippen LogP contribution in [0, 0.1) is 5.92 Å². The monoisotopic (exact) mass is 258 g/mol. The third-order valence-electron chi connectivity index (χ3n) is 3.57. The number of nitrogens with one attached hydrogen (secondary N) is 1. The molecule has 1 aliphatic rings. The number of pyridine rings is 1. The van der Waals surface area contributed by atoms with Crippen LogP contribution in [-0.4, -0.2) is 28.2 Å². The Hall–Kier alpha value is -1.75. The Morgan fingerprint density at radius 2 is 2.21 bits per heavy atom. The molecule has 0 aliphatic carbocycles. The summed E-state index contributed by atoms with van der Waals surface area (Å²) in [6.07, 6.45) is 8.06. The number of nitrogens with zero attached hydrogens (tertiary/aromatic N) is 3. The minimum Gasteiger partial charge on any atom is -0.334 e. The lowest BCUT2D eigenvalue weighted by molar-refractivity contribution is 0.352. The molecule has 1 N–H and O–H groups in total. The first kappa shape index (κ1) is 12.3. The minimum absolute atomic E-state index is 0.583. The van der Waals surface area contributed by atoms with Crippen LogP contribution in [0.5, 0.6) is 0 Å². The van der Waals surface area contributed by atoms with E-state index in [9.17, 15) is 0 Å². The Kier molecular flexibility index (Phi) is 3.83. The number of aromatic nitrogens is 3. The maximum atomic E-state index is 5.29. The second-order valence-electron chi connectivity index (χ2n) is 5.00. The summed E-state index contributed by atoms with van der Waals surface area (Å²) in [6.45, 7) is 2.28. The van der Waals surface area contributed by atoms with Crippen molar-refractivity contribution in [3.8, 4) is 11.5 Å². The molecule has 0 amide bonds. The van der Waals surface area contributed by atoms with Crippen molar-refractivity contribution in [1.82, 2.24) is 20.4 Å². The van der Waals surface area contributed by atoms with Gasteiger partial charge in [-0.3, -0.25) is 4.98 Å². The molecule has 0 aromatic carbocycles. The van der Waals surface area contributed by atoms with Gasteiger partial charge in [0.25, 0.3) is 5.89 Å².